The summed E-state index contributed by atoms with van der Waals surface area (Å²) in [5, 5.41) is 6.18. The van der Waals surface area contributed by atoms with Gasteiger partial charge in [-0.2, -0.15) is 0 Å². The maximum atomic E-state index is 3.59. The molecule has 0 bridgehead atoms. The molecular weight excluding hydrogens is 322 g/mol. The van der Waals surface area contributed by atoms with Crippen molar-refractivity contribution in [3.63, 3.8) is 0 Å². The molecule has 3 rings (SSSR count). The highest BCUT2D eigenvalue weighted by Crippen LogP contribution is 2.21. The van der Waals surface area contributed by atoms with Crippen molar-refractivity contribution in [3.05, 3.63) is 82.3 Å². The molecule has 1 atom stereocenters. The lowest BCUT2D eigenvalue weighted by Gasteiger charge is -2.15. The minimum Gasteiger partial charge on any atom is -0.306 e. The van der Waals surface area contributed by atoms with Crippen LogP contribution in [-0.2, 0) is 6.54 Å². The zero-order chi connectivity index (χ0) is 14.7. The van der Waals surface area contributed by atoms with Crippen molar-refractivity contribution in [1.82, 2.24) is 5.32 Å². The minimum atomic E-state index is 0.327. The molecule has 0 saturated heterocycles. The van der Waals surface area contributed by atoms with Gasteiger partial charge in [0.05, 0.1) is 0 Å². The second kappa shape index (κ2) is 6.42. The van der Waals surface area contributed by atoms with E-state index in [9.17, 15) is 0 Å². The summed E-state index contributed by atoms with van der Waals surface area (Å²) in [4.78, 5) is 0. The molecule has 1 nitrogen and oxygen atoms in total. The van der Waals surface area contributed by atoms with Crippen LogP contribution in [0.1, 0.15) is 24.1 Å². The van der Waals surface area contributed by atoms with Crippen LogP contribution < -0.4 is 5.32 Å². The van der Waals surface area contributed by atoms with Crippen LogP contribution in [0.2, 0.25) is 0 Å². The van der Waals surface area contributed by atoms with E-state index < -0.39 is 0 Å². The van der Waals surface area contributed by atoms with E-state index in [1.165, 1.54) is 21.9 Å². The number of halogens is 1. The van der Waals surface area contributed by atoms with E-state index in [0.29, 0.717) is 6.04 Å². The predicted octanol–water partition coefficient (Wildman–Crippen LogP) is 5.45. The number of benzene rings is 3. The number of hydrogen-bond donors (Lipinski definition) is 1. The molecule has 0 fully saturated rings. The summed E-state index contributed by atoms with van der Waals surface area (Å²) in [7, 11) is 0. The summed E-state index contributed by atoms with van der Waals surface area (Å²) in [6, 6.07) is 23.9. The highest BCUT2D eigenvalue weighted by molar-refractivity contribution is 9.10. The molecule has 3 aromatic rings. The Morgan fingerprint density at radius 1 is 0.905 bits per heavy atom. The van der Waals surface area contributed by atoms with Gasteiger partial charge in [0.15, 0.2) is 0 Å². The number of fused-ring (bicyclic) bond motifs is 1. The van der Waals surface area contributed by atoms with Gasteiger partial charge in [-0.1, -0.05) is 64.5 Å². The van der Waals surface area contributed by atoms with Crippen molar-refractivity contribution >= 4 is 26.7 Å². The zero-order valence-corrected chi connectivity index (χ0v) is 13.6. The van der Waals surface area contributed by atoms with Crippen LogP contribution in [0.25, 0.3) is 10.8 Å². The highest BCUT2D eigenvalue weighted by atomic mass is 79.9. The summed E-state index contributed by atoms with van der Waals surface area (Å²) < 4.78 is 1.13. The highest BCUT2D eigenvalue weighted by Gasteiger charge is 2.06. The Kier molecular flexibility index (Phi) is 4.37. The van der Waals surface area contributed by atoms with E-state index in [0.717, 1.165) is 11.0 Å². The maximum absolute atomic E-state index is 3.59. The summed E-state index contributed by atoms with van der Waals surface area (Å²) in [6.07, 6.45) is 0. The second-order valence-electron chi connectivity index (χ2n) is 5.34. The Morgan fingerprint density at radius 2 is 1.71 bits per heavy atom. The van der Waals surface area contributed by atoms with Crippen molar-refractivity contribution in [1.29, 1.82) is 0 Å². The third kappa shape index (κ3) is 3.52. The van der Waals surface area contributed by atoms with Gasteiger partial charge >= 0.3 is 0 Å². The molecule has 0 aliphatic heterocycles. The lowest BCUT2D eigenvalue weighted by Crippen LogP contribution is -2.18. The molecule has 1 N–H and O–H groups in total. The van der Waals surface area contributed by atoms with Gasteiger partial charge in [0, 0.05) is 17.1 Å². The molecule has 3 aromatic carbocycles. The van der Waals surface area contributed by atoms with Crippen LogP contribution in [-0.4, -0.2) is 0 Å². The standard InChI is InChI=1S/C19H18BrN/c1-14(21-13-15-5-4-8-19(20)11-15)17-10-9-16-6-2-3-7-18(16)12-17/h2-12,14,21H,13H2,1H3/t14-/m1/s1. The van der Waals surface area contributed by atoms with E-state index in [4.69, 9.17) is 0 Å². The van der Waals surface area contributed by atoms with Crippen LogP contribution in [0.4, 0.5) is 0 Å². The third-order valence-electron chi connectivity index (χ3n) is 3.77. The van der Waals surface area contributed by atoms with Gasteiger partial charge in [0.25, 0.3) is 0 Å². The van der Waals surface area contributed by atoms with Crippen LogP contribution in [0.5, 0.6) is 0 Å². The van der Waals surface area contributed by atoms with Crippen LogP contribution in [0, 0.1) is 0 Å². The molecule has 0 aliphatic carbocycles. The van der Waals surface area contributed by atoms with E-state index in [1.54, 1.807) is 0 Å². The van der Waals surface area contributed by atoms with Gasteiger partial charge < -0.3 is 5.32 Å². The zero-order valence-electron chi connectivity index (χ0n) is 12.0. The quantitative estimate of drug-likeness (QED) is 0.666. The molecule has 0 radical (unpaired) electrons. The molecule has 0 aliphatic rings. The van der Waals surface area contributed by atoms with E-state index in [2.05, 4.69) is 94.9 Å². The molecule has 0 amide bonds. The molecule has 0 aromatic heterocycles. The maximum Gasteiger partial charge on any atom is 0.0295 e. The second-order valence-corrected chi connectivity index (χ2v) is 6.25. The van der Waals surface area contributed by atoms with Gasteiger partial charge in [-0.05, 0) is 47.0 Å². The van der Waals surface area contributed by atoms with Crippen molar-refractivity contribution in [2.24, 2.45) is 0 Å². The lowest BCUT2D eigenvalue weighted by atomic mass is 10.0. The van der Waals surface area contributed by atoms with Crippen molar-refractivity contribution in [2.45, 2.75) is 19.5 Å². The smallest absolute Gasteiger partial charge is 0.0295 e. The normalized spacial score (nSPS) is 12.5. The van der Waals surface area contributed by atoms with Gasteiger partial charge in [-0.15, -0.1) is 0 Å². The van der Waals surface area contributed by atoms with E-state index >= 15 is 0 Å². The molecule has 21 heavy (non-hydrogen) atoms. The van der Waals surface area contributed by atoms with Crippen LogP contribution in [0.3, 0.4) is 0 Å². The van der Waals surface area contributed by atoms with E-state index in [-0.39, 0.29) is 0 Å². The first-order valence-corrected chi connectivity index (χ1v) is 7.98. The average Bonchev–Trinajstić information content (AvgIpc) is 2.52. The molecule has 0 unspecified atom stereocenters. The molecular formula is C19H18BrN. The third-order valence-corrected chi connectivity index (χ3v) is 4.27. The van der Waals surface area contributed by atoms with E-state index in [1.807, 2.05) is 0 Å². The van der Waals surface area contributed by atoms with Gasteiger partial charge in [-0.25, -0.2) is 0 Å². The summed E-state index contributed by atoms with van der Waals surface area (Å²) >= 11 is 3.51. The lowest BCUT2D eigenvalue weighted by molar-refractivity contribution is 0.575. The molecule has 0 spiro atoms. The van der Waals surface area contributed by atoms with Crippen molar-refractivity contribution in [2.75, 3.05) is 0 Å². The summed E-state index contributed by atoms with van der Waals surface area (Å²) in [6.45, 7) is 3.08. The molecule has 2 heteroatoms. The summed E-state index contributed by atoms with van der Waals surface area (Å²) in [5.74, 6) is 0. The Morgan fingerprint density at radius 3 is 2.52 bits per heavy atom. The topological polar surface area (TPSA) is 12.0 Å². The van der Waals surface area contributed by atoms with Crippen LogP contribution >= 0.6 is 15.9 Å². The SMILES string of the molecule is C[C@@H](NCc1cccc(Br)c1)c1ccc2ccccc2c1. The average molecular weight is 340 g/mol. The Balaban J connectivity index is 1.73. The first kappa shape index (κ1) is 14.3. The first-order chi connectivity index (χ1) is 10.2. The first-order valence-electron chi connectivity index (χ1n) is 7.19. The molecule has 106 valence electrons. The Labute approximate surface area is 134 Å². The predicted molar refractivity (Wildman–Crippen MR) is 93.3 cm³/mol. The van der Waals surface area contributed by atoms with Gasteiger partial charge in [0.2, 0.25) is 0 Å². The fraction of sp³-hybridized carbons (Fsp3) is 0.158. The largest absolute Gasteiger partial charge is 0.306 e. The Bertz CT molecular complexity index is 751. The summed E-state index contributed by atoms with van der Waals surface area (Å²) in [5.41, 5.74) is 2.61. The number of nitrogens with one attached hydrogen (secondary N) is 1. The fourth-order valence-corrected chi connectivity index (χ4v) is 2.96. The van der Waals surface area contributed by atoms with Gasteiger partial charge in [0.1, 0.15) is 0 Å². The molecule has 0 saturated carbocycles. The van der Waals surface area contributed by atoms with Crippen LogP contribution in [0.15, 0.2) is 71.2 Å². The minimum absolute atomic E-state index is 0.327. The fourth-order valence-electron chi connectivity index (χ4n) is 2.51. The monoisotopic (exact) mass is 339 g/mol. The van der Waals surface area contributed by atoms with Crippen molar-refractivity contribution in [3.8, 4) is 0 Å². The van der Waals surface area contributed by atoms with Gasteiger partial charge in [-0.3, -0.25) is 0 Å². The Hall–Kier alpha value is -1.64. The number of hydrogen-bond acceptors (Lipinski definition) is 1. The molecule has 0 heterocycles. The van der Waals surface area contributed by atoms with Crippen molar-refractivity contribution < 1.29 is 0 Å². The number of rotatable bonds is 4.